The minimum absolute atomic E-state index is 0.0755. The second kappa shape index (κ2) is 4.47. The minimum atomic E-state index is -0.930. The van der Waals surface area contributed by atoms with E-state index in [1.807, 2.05) is 12.3 Å². The van der Waals surface area contributed by atoms with Crippen LogP contribution in [0.1, 0.15) is 17.3 Å². The zero-order valence-corrected chi connectivity index (χ0v) is 10.3. The Morgan fingerprint density at radius 2 is 2.31 bits per heavy atom. The fourth-order valence-electron chi connectivity index (χ4n) is 1.68. The molecule has 1 fully saturated rings. The molecule has 0 bridgehead atoms. The van der Waals surface area contributed by atoms with Crippen LogP contribution in [0.15, 0.2) is 16.8 Å². The molecule has 1 saturated heterocycles. The number of carbonyl (C=O) groups is 2. The van der Waals surface area contributed by atoms with E-state index in [1.54, 1.807) is 11.4 Å². The highest BCUT2D eigenvalue weighted by molar-refractivity contribution is 8.00. The molecule has 2 heterocycles. The van der Waals surface area contributed by atoms with Gasteiger partial charge >= 0.3 is 5.97 Å². The molecule has 2 rings (SSSR count). The highest BCUT2D eigenvalue weighted by Crippen LogP contribution is 2.30. The van der Waals surface area contributed by atoms with Gasteiger partial charge in [-0.1, -0.05) is 0 Å². The molecule has 1 aliphatic heterocycles. The van der Waals surface area contributed by atoms with Crippen molar-refractivity contribution in [3.8, 4) is 0 Å². The molecule has 6 heteroatoms. The third-order valence-electron chi connectivity index (χ3n) is 2.51. The van der Waals surface area contributed by atoms with Crippen LogP contribution in [0.5, 0.6) is 0 Å². The number of thiophene rings is 1. The smallest absolute Gasteiger partial charge is 0.327 e. The molecule has 0 aromatic carbocycles. The van der Waals surface area contributed by atoms with Gasteiger partial charge in [0.2, 0.25) is 0 Å². The lowest BCUT2D eigenvalue weighted by molar-refractivity contribution is -0.141. The first kappa shape index (κ1) is 11.5. The maximum Gasteiger partial charge on any atom is 0.327 e. The molecule has 86 valence electrons. The molecular weight excluding hydrogens is 246 g/mol. The number of carboxylic acid groups (broad SMARTS) is 1. The number of amides is 1. The molecule has 1 aliphatic rings. The van der Waals surface area contributed by atoms with Crippen molar-refractivity contribution in [2.45, 2.75) is 18.3 Å². The van der Waals surface area contributed by atoms with Crippen LogP contribution in [0.4, 0.5) is 0 Å². The van der Waals surface area contributed by atoms with Crippen molar-refractivity contribution in [3.63, 3.8) is 0 Å². The summed E-state index contributed by atoms with van der Waals surface area (Å²) in [4.78, 5) is 24.6. The SMILES string of the molecule is CC1SCC(C(=O)O)N1C(=O)c1ccsc1. The molecular formula is C10H11NO3S2. The Hall–Kier alpha value is -1.01. The van der Waals surface area contributed by atoms with E-state index in [2.05, 4.69) is 0 Å². The van der Waals surface area contributed by atoms with E-state index in [1.165, 1.54) is 28.0 Å². The molecule has 0 radical (unpaired) electrons. The fraction of sp³-hybridized carbons (Fsp3) is 0.400. The molecule has 0 spiro atoms. The van der Waals surface area contributed by atoms with Crippen LogP contribution < -0.4 is 0 Å². The Morgan fingerprint density at radius 1 is 1.56 bits per heavy atom. The first-order valence-corrected chi connectivity index (χ1v) is 6.79. The molecule has 0 aliphatic carbocycles. The lowest BCUT2D eigenvalue weighted by Gasteiger charge is -2.24. The highest BCUT2D eigenvalue weighted by Gasteiger charge is 2.39. The molecule has 1 aromatic rings. The Balaban J connectivity index is 2.24. The third-order valence-corrected chi connectivity index (χ3v) is 4.41. The first-order valence-electron chi connectivity index (χ1n) is 4.80. The summed E-state index contributed by atoms with van der Waals surface area (Å²) in [5.41, 5.74) is 0.575. The predicted molar refractivity (Wildman–Crippen MR) is 63.8 cm³/mol. The second-order valence-electron chi connectivity index (χ2n) is 3.51. The van der Waals surface area contributed by atoms with Crippen LogP contribution in [-0.4, -0.2) is 39.1 Å². The van der Waals surface area contributed by atoms with Gasteiger partial charge in [-0.3, -0.25) is 4.79 Å². The van der Waals surface area contributed by atoms with Gasteiger partial charge in [0, 0.05) is 11.1 Å². The maximum absolute atomic E-state index is 12.1. The summed E-state index contributed by atoms with van der Waals surface area (Å²) in [5.74, 6) is -0.654. The van der Waals surface area contributed by atoms with Gasteiger partial charge in [0.25, 0.3) is 5.91 Å². The van der Waals surface area contributed by atoms with Gasteiger partial charge in [0.1, 0.15) is 6.04 Å². The van der Waals surface area contributed by atoms with Crippen molar-refractivity contribution in [1.82, 2.24) is 4.90 Å². The summed E-state index contributed by atoms with van der Waals surface area (Å²) in [5, 5.41) is 12.5. The number of hydrogen-bond donors (Lipinski definition) is 1. The van der Waals surface area contributed by atoms with Crippen LogP contribution in [0.25, 0.3) is 0 Å². The quantitative estimate of drug-likeness (QED) is 0.876. The van der Waals surface area contributed by atoms with Crippen molar-refractivity contribution in [1.29, 1.82) is 0 Å². The normalized spacial score (nSPS) is 24.7. The number of rotatable bonds is 2. The molecule has 1 N–H and O–H groups in total. The van der Waals surface area contributed by atoms with Gasteiger partial charge in [-0.15, -0.1) is 11.8 Å². The third kappa shape index (κ3) is 1.94. The number of aliphatic carboxylic acids is 1. The Labute approximate surface area is 101 Å². The van der Waals surface area contributed by atoms with E-state index in [9.17, 15) is 9.59 Å². The average molecular weight is 257 g/mol. The topological polar surface area (TPSA) is 57.6 Å². The average Bonchev–Trinajstić information content (AvgIpc) is 2.84. The van der Waals surface area contributed by atoms with E-state index in [0.29, 0.717) is 11.3 Å². The molecule has 2 unspecified atom stereocenters. The van der Waals surface area contributed by atoms with E-state index in [4.69, 9.17) is 5.11 Å². The number of thioether (sulfide) groups is 1. The monoisotopic (exact) mass is 257 g/mol. The zero-order valence-electron chi connectivity index (χ0n) is 8.62. The highest BCUT2D eigenvalue weighted by atomic mass is 32.2. The number of nitrogens with zero attached hydrogens (tertiary/aromatic N) is 1. The molecule has 2 atom stereocenters. The lowest BCUT2D eigenvalue weighted by Crippen LogP contribution is -2.44. The van der Waals surface area contributed by atoms with Crippen molar-refractivity contribution in [2.75, 3.05) is 5.75 Å². The van der Waals surface area contributed by atoms with Crippen molar-refractivity contribution >= 4 is 35.0 Å². The lowest BCUT2D eigenvalue weighted by atomic mass is 10.2. The zero-order chi connectivity index (χ0) is 11.7. The van der Waals surface area contributed by atoms with Crippen molar-refractivity contribution in [2.24, 2.45) is 0 Å². The summed E-state index contributed by atoms with van der Waals surface area (Å²) >= 11 is 2.93. The summed E-state index contributed by atoms with van der Waals surface area (Å²) < 4.78 is 0. The molecule has 1 amide bonds. The standard InChI is InChI=1S/C10H11NO3S2/c1-6-11(8(5-16-6)10(13)14)9(12)7-2-3-15-4-7/h2-4,6,8H,5H2,1H3,(H,13,14). The van der Waals surface area contributed by atoms with Crippen molar-refractivity contribution in [3.05, 3.63) is 22.4 Å². The van der Waals surface area contributed by atoms with Gasteiger partial charge in [-0.25, -0.2) is 4.79 Å². The predicted octanol–water partition coefficient (Wildman–Crippen LogP) is 1.74. The number of carbonyl (C=O) groups excluding carboxylic acids is 1. The van der Waals surface area contributed by atoms with Gasteiger partial charge in [0.15, 0.2) is 0 Å². The van der Waals surface area contributed by atoms with Crippen LogP contribution in [0, 0.1) is 0 Å². The number of carboxylic acids is 1. The van der Waals surface area contributed by atoms with Gasteiger partial charge in [-0.2, -0.15) is 11.3 Å². The Bertz CT molecular complexity index is 404. The van der Waals surface area contributed by atoms with Crippen LogP contribution in [0.2, 0.25) is 0 Å². The van der Waals surface area contributed by atoms with E-state index in [-0.39, 0.29) is 11.3 Å². The molecule has 4 nitrogen and oxygen atoms in total. The van der Waals surface area contributed by atoms with E-state index < -0.39 is 12.0 Å². The van der Waals surface area contributed by atoms with Crippen LogP contribution in [-0.2, 0) is 4.79 Å². The first-order chi connectivity index (χ1) is 7.61. The summed E-state index contributed by atoms with van der Waals surface area (Å²) in [6, 6.07) is 1.02. The van der Waals surface area contributed by atoms with Crippen molar-refractivity contribution < 1.29 is 14.7 Å². The maximum atomic E-state index is 12.1. The fourth-order valence-corrected chi connectivity index (χ4v) is 3.47. The van der Waals surface area contributed by atoms with Gasteiger partial charge < -0.3 is 10.0 Å². The minimum Gasteiger partial charge on any atom is -0.480 e. The van der Waals surface area contributed by atoms with Gasteiger partial charge in [-0.05, 0) is 18.4 Å². The van der Waals surface area contributed by atoms with E-state index in [0.717, 1.165) is 0 Å². The summed E-state index contributed by atoms with van der Waals surface area (Å²) in [6.45, 7) is 1.86. The molecule has 16 heavy (non-hydrogen) atoms. The molecule has 0 saturated carbocycles. The Kier molecular flexibility index (Phi) is 3.20. The van der Waals surface area contributed by atoms with Crippen LogP contribution in [0.3, 0.4) is 0 Å². The largest absolute Gasteiger partial charge is 0.480 e. The number of hydrogen-bond acceptors (Lipinski definition) is 4. The van der Waals surface area contributed by atoms with E-state index >= 15 is 0 Å². The Morgan fingerprint density at radius 3 is 2.88 bits per heavy atom. The second-order valence-corrected chi connectivity index (χ2v) is 5.64. The summed E-state index contributed by atoms with van der Waals surface area (Å²) in [6.07, 6.45) is 0. The summed E-state index contributed by atoms with van der Waals surface area (Å²) in [7, 11) is 0. The molecule has 1 aromatic heterocycles. The van der Waals surface area contributed by atoms with Crippen LogP contribution >= 0.6 is 23.1 Å². The van der Waals surface area contributed by atoms with Gasteiger partial charge in [0.05, 0.1) is 10.9 Å².